The van der Waals surface area contributed by atoms with Gasteiger partial charge in [-0.25, -0.2) is 0 Å². The zero-order valence-electron chi connectivity index (χ0n) is 10.9. The molecule has 0 unspecified atom stereocenters. The third-order valence-corrected chi connectivity index (χ3v) is 2.90. The molecule has 0 saturated carbocycles. The topological polar surface area (TPSA) is 46.2 Å². The zero-order chi connectivity index (χ0) is 13.0. The van der Waals surface area contributed by atoms with Crippen molar-refractivity contribution < 1.29 is 9.59 Å². The summed E-state index contributed by atoms with van der Waals surface area (Å²) in [5, 5.41) is 2.88. The second-order valence-corrected chi connectivity index (χ2v) is 4.08. The molecule has 0 heterocycles. The molecular formula is C14H19NO2. The van der Waals surface area contributed by atoms with E-state index in [9.17, 15) is 9.59 Å². The summed E-state index contributed by atoms with van der Waals surface area (Å²) in [6, 6.07) is 3.74. The average molecular weight is 233 g/mol. The van der Waals surface area contributed by atoms with Crippen molar-refractivity contribution in [2.24, 2.45) is 0 Å². The van der Waals surface area contributed by atoms with Gasteiger partial charge in [-0.2, -0.15) is 0 Å². The van der Waals surface area contributed by atoms with Gasteiger partial charge in [0.05, 0.1) is 0 Å². The van der Waals surface area contributed by atoms with Crippen molar-refractivity contribution >= 4 is 17.4 Å². The summed E-state index contributed by atoms with van der Waals surface area (Å²) >= 11 is 0. The number of aryl methyl sites for hydroxylation is 1. The van der Waals surface area contributed by atoms with Crippen molar-refractivity contribution in [3.8, 4) is 0 Å². The minimum Gasteiger partial charge on any atom is -0.326 e. The molecule has 0 atom stereocenters. The van der Waals surface area contributed by atoms with E-state index in [0.29, 0.717) is 12.0 Å². The number of hydrogen-bond acceptors (Lipinski definition) is 2. The molecule has 1 N–H and O–H groups in total. The fourth-order valence-corrected chi connectivity index (χ4v) is 1.85. The maximum atomic E-state index is 11.5. The van der Waals surface area contributed by atoms with Gasteiger partial charge in [0.25, 0.3) is 0 Å². The van der Waals surface area contributed by atoms with Crippen molar-refractivity contribution in [3.63, 3.8) is 0 Å². The molecule has 0 fully saturated rings. The highest BCUT2D eigenvalue weighted by Crippen LogP contribution is 2.25. The second kappa shape index (κ2) is 5.62. The van der Waals surface area contributed by atoms with E-state index in [0.717, 1.165) is 23.2 Å². The monoisotopic (exact) mass is 233 g/mol. The molecule has 0 radical (unpaired) electrons. The van der Waals surface area contributed by atoms with E-state index in [1.807, 2.05) is 32.9 Å². The van der Waals surface area contributed by atoms with E-state index in [-0.39, 0.29) is 11.7 Å². The van der Waals surface area contributed by atoms with Gasteiger partial charge in [-0.3, -0.25) is 9.59 Å². The van der Waals surface area contributed by atoms with Gasteiger partial charge in [-0.1, -0.05) is 26.0 Å². The zero-order valence-corrected chi connectivity index (χ0v) is 10.9. The maximum Gasteiger partial charge on any atom is 0.224 e. The minimum absolute atomic E-state index is 0.0245. The number of ketones is 1. The summed E-state index contributed by atoms with van der Waals surface area (Å²) in [4.78, 5) is 22.9. The number of amides is 1. The Morgan fingerprint density at radius 2 is 1.88 bits per heavy atom. The Bertz CT molecular complexity index is 450. The van der Waals surface area contributed by atoms with E-state index >= 15 is 0 Å². The molecule has 0 aliphatic carbocycles. The number of nitrogens with one attached hydrogen (secondary N) is 1. The SMILES string of the molecule is CCC(=O)Nc1c(CC)ccc(C(C)=O)c1C. The Balaban J connectivity index is 3.27. The Hall–Kier alpha value is -1.64. The summed E-state index contributed by atoms with van der Waals surface area (Å²) in [5.74, 6) is 0.000604. The molecule has 1 amide bonds. The fourth-order valence-electron chi connectivity index (χ4n) is 1.85. The molecule has 3 heteroatoms. The smallest absolute Gasteiger partial charge is 0.224 e. The van der Waals surface area contributed by atoms with Crippen molar-refractivity contribution in [3.05, 3.63) is 28.8 Å². The first-order valence-corrected chi connectivity index (χ1v) is 5.94. The summed E-state index contributed by atoms with van der Waals surface area (Å²) < 4.78 is 0. The molecule has 1 aromatic rings. The van der Waals surface area contributed by atoms with Crippen LogP contribution >= 0.6 is 0 Å². The molecule has 92 valence electrons. The third-order valence-electron chi connectivity index (χ3n) is 2.90. The lowest BCUT2D eigenvalue weighted by molar-refractivity contribution is -0.115. The maximum absolute atomic E-state index is 11.5. The lowest BCUT2D eigenvalue weighted by Gasteiger charge is -2.15. The van der Waals surface area contributed by atoms with Crippen LogP contribution in [0.15, 0.2) is 12.1 Å². The quantitative estimate of drug-likeness (QED) is 0.812. The Labute approximate surface area is 102 Å². The highest BCUT2D eigenvalue weighted by atomic mass is 16.1. The Morgan fingerprint density at radius 1 is 1.24 bits per heavy atom. The largest absolute Gasteiger partial charge is 0.326 e. The first-order chi connectivity index (χ1) is 8.01. The molecule has 3 nitrogen and oxygen atoms in total. The number of benzene rings is 1. The number of rotatable bonds is 4. The third kappa shape index (κ3) is 2.93. The first-order valence-electron chi connectivity index (χ1n) is 5.94. The second-order valence-electron chi connectivity index (χ2n) is 4.08. The summed E-state index contributed by atoms with van der Waals surface area (Å²) in [6.45, 7) is 7.26. The number of Topliss-reactive ketones (excluding diaryl/α,β-unsaturated/α-hetero) is 1. The van der Waals surface area contributed by atoms with E-state index in [2.05, 4.69) is 5.32 Å². The highest BCUT2D eigenvalue weighted by Gasteiger charge is 2.13. The van der Waals surface area contributed by atoms with Crippen LogP contribution in [-0.2, 0) is 11.2 Å². The van der Waals surface area contributed by atoms with Gasteiger partial charge in [0.2, 0.25) is 5.91 Å². The predicted octanol–water partition coefficient (Wildman–Crippen LogP) is 3.11. The molecule has 17 heavy (non-hydrogen) atoms. The standard InChI is InChI=1S/C14H19NO2/c1-5-11-7-8-12(10(4)16)9(3)14(11)15-13(17)6-2/h7-8H,5-6H2,1-4H3,(H,15,17). The summed E-state index contributed by atoms with van der Waals surface area (Å²) in [5.41, 5.74) is 3.40. The highest BCUT2D eigenvalue weighted by molar-refractivity contribution is 5.99. The van der Waals surface area contributed by atoms with Crippen LogP contribution in [0, 0.1) is 6.92 Å². The van der Waals surface area contributed by atoms with Crippen LogP contribution in [0.4, 0.5) is 5.69 Å². The van der Waals surface area contributed by atoms with Crippen LogP contribution in [0.1, 0.15) is 48.7 Å². The number of carbonyl (C=O) groups excluding carboxylic acids is 2. The molecule has 0 aliphatic rings. The van der Waals surface area contributed by atoms with Crippen molar-refractivity contribution in [1.82, 2.24) is 0 Å². The molecule has 1 aromatic carbocycles. The van der Waals surface area contributed by atoms with E-state index in [4.69, 9.17) is 0 Å². The van der Waals surface area contributed by atoms with Crippen LogP contribution in [-0.4, -0.2) is 11.7 Å². The summed E-state index contributed by atoms with van der Waals surface area (Å²) in [6.07, 6.45) is 1.27. The molecule has 0 saturated heterocycles. The van der Waals surface area contributed by atoms with Gasteiger partial charge in [-0.15, -0.1) is 0 Å². The Kier molecular flexibility index (Phi) is 4.44. The van der Waals surface area contributed by atoms with Gasteiger partial charge in [0, 0.05) is 17.7 Å². The molecule has 0 bridgehead atoms. The van der Waals surface area contributed by atoms with E-state index in [1.165, 1.54) is 0 Å². The molecular weight excluding hydrogens is 214 g/mol. The molecule has 0 spiro atoms. The number of carbonyl (C=O) groups is 2. The Morgan fingerprint density at radius 3 is 2.35 bits per heavy atom. The van der Waals surface area contributed by atoms with Gasteiger partial charge in [0.15, 0.2) is 5.78 Å². The van der Waals surface area contributed by atoms with Crippen LogP contribution in [0.25, 0.3) is 0 Å². The number of hydrogen-bond donors (Lipinski definition) is 1. The van der Waals surface area contributed by atoms with Crippen molar-refractivity contribution in [1.29, 1.82) is 0 Å². The first kappa shape index (κ1) is 13.4. The van der Waals surface area contributed by atoms with Gasteiger partial charge >= 0.3 is 0 Å². The van der Waals surface area contributed by atoms with Crippen molar-refractivity contribution in [2.45, 2.75) is 40.5 Å². The number of anilines is 1. The van der Waals surface area contributed by atoms with Crippen LogP contribution in [0.3, 0.4) is 0 Å². The van der Waals surface area contributed by atoms with Crippen molar-refractivity contribution in [2.75, 3.05) is 5.32 Å². The van der Waals surface area contributed by atoms with E-state index < -0.39 is 0 Å². The predicted molar refractivity (Wildman–Crippen MR) is 69.5 cm³/mol. The lowest BCUT2D eigenvalue weighted by Crippen LogP contribution is -2.14. The van der Waals surface area contributed by atoms with Crippen LogP contribution in [0.2, 0.25) is 0 Å². The summed E-state index contributed by atoms with van der Waals surface area (Å²) in [7, 11) is 0. The lowest BCUT2D eigenvalue weighted by atomic mass is 9.98. The molecule has 1 rings (SSSR count). The minimum atomic E-state index is -0.0245. The fraction of sp³-hybridized carbons (Fsp3) is 0.429. The van der Waals surface area contributed by atoms with E-state index in [1.54, 1.807) is 6.92 Å². The van der Waals surface area contributed by atoms with Gasteiger partial charge < -0.3 is 5.32 Å². The van der Waals surface area contributed by atoms with Crippen LogP contribution in [0.5, 0.6) is 0 Å². The molecule has 0 aromatic heterocycles. The van der Waals surface area contributed by atoms with Gasteiger partial charge in [0.1, 0.15) is 0 Å². The average Bonchev–Trinajstić information content (AvgIpc) is 2.30. The normalized spacial score (nSPS) is 10.1. The van der Waals surface area contributed by atoms with Crippen LogP contribution < -0.4 is 5.32 Å². The van der Waals surface area contributed by atoms with Gasteiger partial charge in [-0.05, 0) is 31.4 Å². The molecule has 0 aliphatic heterocycles.